The molecule has 1 nitrogen and oxygen atoms in total. The number of nitrogens with zero attached hydrogens (tertiary/aromatic N) is 1. The maximum absolute atomic E-state index is 3.99. The summed E-state index contributed by atoms with van der Waals surface area (Å²) in [5.41, 5.74) is 2.72. The molecule has 0 aromatic carbocycles. The van der Waals surface area contributed by atoms with Gasteiger partial charge >= 0.3 is 0 Å². The van der Waals surface area contributed by atoms with E-state index in [9.17, 15) is 0 Å². The summed E-state index contributed by atoms with van der Waals surface area (Å²) in [6, 6.07) is 4.12. The van der Waals surface area contributed by atoms with Crippen molar-refractivity contribution >= 4 is 5.57 Å². The number of hydrogen-bond acceptors (Lipinski definition) is 1. The van der Waals surface area contributed by atoms with Crippen LogP contribution in [0.2, 0.25) is 0 Å². The molecule has 1 aromatic heterocycles. The van der Waals surface area contributed by atoms with E-state index in [1.165, 1.54) is 11.1 Å². The molecule has 1 aromatic rings. The summed E-state index contributed by atoms with van der Waals surface area (Å²) in [4.78, 5) is 3.99. The molecular formula is C11H11N. The standard InChI is InChI=1S/C11H11N/c1-2-4-10(5-3-1)11-6-8-12-9-7-11/h1-2,4,6-9H,3,5H2. The molecular weight excluding hydrogens is 146 g/mol. The first-order valence-electron chi connectivity index (χ1n) is 4.23. The van der Waals surface area contributed by atoms with Crippen molar-refractivity contribution in [3.63, 3.8) is 0 Å². The minimum Gasteiger partial charge on any atom is -0.265 e. The Morgan fingerprint density at radius 1 is 1.17 bits per heavy atom. The van der Waals surface area contributed by atoms with E-state index in [1.54, 1.807) is 0 Å². The van der Waals surface area contributed by atoms with Gasteiger partial charge in [-0.2, -0.15) is 0 Å². The van der Waals surface area contributed by atoms with Crippen LogP contribution in [-0.4, -0.2) is 4.98 Å². The van der Waals surface area contributed by atoms with Crippen molar-refractivity contribution < 1.29 is 0 Å². The molecule has 0 fully saturated rings. The summed E-state index contributed by atoms with van der Waals surface area (Å²) >= 11 is 0. The van der Waals surface area contributed by atoms with Gasteiger partial charge < -0.3 is 0 Å². The molecule has 60 valence electrons. The van der Waals surface area contributed by atoms with E-state index in [-0.39, 0.29) is 0 Å². The second-order valence-electron chi connectivity index (χ2n) is 2.89. The maximum Gasteiger partial charge on any atom is 0.0273 e. The zero-order valence-electron chi connectivity index (χ0n) is 6.90. The van der Waals surface area contributed by atoms with Gasteiger partial charge in [0.25, 0.3) is 0 Å². The van der Waals surface area contributed by atoms with Gasteiger partial charge in [-0.25, -0.2) is 0 Å². The van der Waals surface area contributed by atoms with Crippen LogP contribution in [0.3, 0.4) is 0 Å². The highest BCUT2D eigenvalue weighted by atomic mass is 14.6. The second-order valence-corrected chi connectivity index (χ2v) is 2.89. The van der Waals surface area contributed by atoms with Gasteiger partial charge in [0.05, 0.1) is 0 Å². The molecule has 0 radical (unpaired) electrons. The number of aromatic nitrogens is 1. The summed E-state index contributed by atoms with van der Waals surface area (Å²) in [6.07, 6.45) is 12.5. The fraction of sp³-hybridized carbons (Fsp3) is 0.182. The molecule has 2 rings (SSSR count). The predicted molar refractivity (Wildman–Crippen MR) is 50.6 cm³/mol. The van der Waals surface area contributed by atoms with Crippen LogP contribution in [0.25, 0.3) is 5.57 Å². The number of pyridine rings is 1. The van der Waals surface area contributed by atoms with Gasteiger partial charge in [0.15, 0.2) is 0 Å². The topological polar surface area (TPSA) is 12.9 Å². The van der Waals surface area contributed by atoms with Gasteiger partial charge in [-0.3, -0.25) is 4.98 Å². The molecule has 0 atom stereocenters. The maximum atomic E-state index is 3.99. The van der Waals surface area contributed by atoms with Crippen molar-refractivity contribution in [1.82, 2.24) is 4.98 Å². The zero-order chi connectivity index (χ0) is 8.23. The first-order valence-corrected chi connectivity index (χ1v) is 4.23. The molecule has 0 unspecified atom stereocenters. The number of hydrogen-bond donors (Lipinski definition) is 0. The molecule has 0 N–H and O–H groups in total. The van der Waals surface area contributed by atoms with Gasteiger partial charge in [-0.1, -0.05) is 18.2 Å². The van der Waals surface area contributed by atoms with Crippen molar-refractivity contribution in [2.45, 2.75) is 12.8 Å². The fourth-order valence-corrected chi connectivity index (χ4v) is 1.41. The van der Waals surface area contributed by atoms with Crippen LogP contribution < -0.4 is 0 Å². The third-order valence-corrected chi connectivity index (χ3v) is 2.06. The van der Waals surface area contributed by atoms with E-state index in [0.29, 0.717) is 0 Å². The van der Waals surface area contributed by atoms with E-state index in [0.717, 1.165) is 12.8 Å². The minimum atomic E-state index is 1.15. The number of rotatable bonds is 1. The molecule has 0 bridgehead atoms. The Hall–Kier alpha value is -1.37. The summed E-state index contributed by atoms with van der Waals surface area (Å²) < 4.78 is 0. The Balaban J connectivity index is 2.31. The molecule has 0 amide bonds. The lowest BCUT2D eigenvalue weighted by Crippen LogP contribution is -1.87. The molecule has 0 saturated heterocycles. The monoisotopic (exact) mass is 157 g/mol. The van der Waals surface area contributed by atoms with Crippen LogP contribution >= 0.6 is 0 Å². The Morgan fingerprint density at radius 2 is 2.00 bits per heavy atom. The highest BCUT2D eigenvalue weighted by Gasteiger charge is 2.00. The third-order valence-electron chi connectivity index (χ3n) is 2.06. The fourth-order valence-electron chi connectivity index (χ4n) is 1.41. The van der Waals surface area contributed by atoms with Crippen molar-refractivity contribution in [3.05, 3.63) is 48.3 Å². The predicted octanol–water partition coefficient (Wildman–Crippen LogP) is 2.82. The van der Waals surface area contributed by atoms with Crippen LogP contribution in [0.5, 0.6) is 0 Å². The highest BCUT2D eigenvalue weighted by Crippen LogP contribution is 2.22. The quantitative estimate of drug-likeness (QED) is 0.610. The minimum absolute atomic E-state index is 1.15. The molecule has 0 saturated carbocycles. The van der Waals surface area contributed by atoms with Crippen molar-refractivity contribution in [1.29, 1.82) is 0 Å². The van der Waals surface area contributed by atoms with Crippen LogP contribution in [0.15, 0.2) is 42.8 Å². The van der Waals surface area contributed by atoms with E-state index in [4.69, 9.17) is 0 Å². The normalized spacial score (nSPS) is 15.8. The smallest absolute Gasteiger partial charge is 0.0273 e. The number of allylic oxidation sites excluding steroid dienone is 4. The Labute approximate surface area is 72.5 Å². The summed E-state index contributed by atoms with van der Waals surface area (Å²) in [5.74, 6) is 0. The first kappa shape index (κ1) is 7.29. The van der Waals surface area contributed by atoms with Gasteiger partial charge in [0.2, 0.25) is 0 Å². The van der Waals surface area contributed by atoms with Crippen LogP contribution in [0.1, 0.15) is 18.4 Å². The first-order chi connectivity index (χ1) is 5.97. The summed E-state index contributed by atoms with van der Waals surface area (Å²) in [5, 5.41) is 0. The summed E-state index contributed by atoms with van der Waals surface area (Å²) in [6.45, 7) is 0. The largest absolute Gasteiger partial charge is 0.265 e. The zero-order valence-corrected chi connectivity index (χ0v) is 6.90. The van der Waals surface area contributed by atoms with Crippen LogP contribution in [0.4, 0.5) is 0 Å². The molecule has 1 heteroatoms. The Morgan fingerprint density at radius 3 is 2.67 bits per heavy atom. The molecule has 1 aliphatic rings. The van der Waals surface area contributed by atoms with E-state index >= 15 is 0 Å². The lowest BCUT2D eigenvalue weighted by atomic mass is 9.99. The average molecular weight is 157 g/mol. The van der Waals surface area contributed by atoms with E-state index in [2.05, 4.69) is 35.3 Å². The van der Waals surface area contributed by atoms with Crippen LogP contribution in [0, 0.1) is 0 Å². The average Bonchev–Trinajstić information content (AvgIpc) is 2.21. The lowest BCUT2D eigenvalue weighted by Gasteiger charge is -2.07. The third kappa shape index (κ3) is 1.45. The molecule has 1 aliphatic carbocycles. The molecule has 1 heterocycles. The lowest BCUT2D eigenvalue weighted by molar-refractivity contribution is 1.05. The van der Waals surface area contributed by atoms with Crippen molar-refractivity contribution in [2.24, 2.45) is 0 Å². The Bertz CT molecular complexity index is 309. The molecule has 0 aliphatic heterocycles. The van der Waals surface area contributed by atoms with Crippen LogP contribution in [-0.2, 0) is 0 Å². The van der Waals surface area contributed by atoms with Gasteiger partial charge in [0, 0.05) is 12.4 Å². The van der Waals surface area contributed by atoms with Gasteiger partial charge in [-0.15, -0.1) is 0 Å². The SMILES string of the molecule is C1=CCCC(c2ccncc2)=C1. The van der Waals surface area contributed by atoms with E-state index < -0.39 is 0 Å². The molecule has 12 heavy (non-hydrogen) atoms. The Kier molecular flexibility index (Phi) is 2.04. The summed E-state index contributed by atoms with van der Waals surface area (Å²) in [7, 11) is 0. The van der Waals surface area contributed by atoms with Crippen molar-refractivity contribution in [2.75, 3.05) is 0 Å². The second kappa shape index (κ2) is 3.35. The molecule has 0 spiro atoms. The van der Waals surface area contributed by atoms with Gasteiger partial charge in [0.1, 0.15) is 0 Å². The van der Waals surface area contributed by atoms with Gasteiger partial charge in [-0.05, 0) is 36.1 Å². The van der Waals surface area contributed by atoms with E-state index in [1.807, 2.05) is 12.4 Å². The highest BCUT2D eigenvalue weighted by molar-refractivity contribution is 5.67. The van der Waals surface area contributed by atoms with Crippen molar-refractivity contribution in [3.8, 4) is 0 Å².